The fourth-order valence-electron chi connectivity index (χ4n) is 3.76. The highest BCUT2D eigenvalue weighted by Gasteiger charge is 2.20. The Labute approximate surface area is 218 Å². The van der Waals surface area contributed by atoms with E-state index in [2.05, 4.69) is 26.3 Å². The van der Waals surface area contributed by atoms with E-state index in [1.807, 2.05) is 0 Å². The first-order chi connectivity index (χ1) is 17.9. The van der Waals surface area contributed by atoms with E-state index in [4.69, 9.17) is 16.3 Å². The molecule has 0 radical (unpaired) electrons. The molecule has 2 heterocycles. The van der Waals surface area contributed by atoms with Crippen LogP contribution in [-0.2, 0) is 0 Å². The third kappa shape index (κ3) is 4.63. The van der Waals surface area contributed by atoms with Gasteiger partial charge in [0.15, 0.2) is 10.9 Å². The van der Waals surface area contributed by atoms with Crippen molar-refractivity contribution in [2.75, 3.05) is 12.4 Å². The highest BCUT2D eigenvalue weighted by atomic mass is 35.5. The van der Waals surface area contributed by atoms with Crippen molar-refractivity contribution in [1.29, 1.82) is 5.26 Å². The van der Waals surface area contributed by atoms with Crippen molar-refractivity contribution in [1.82, 2.24) is 15.0 Å². The Kier molecular flexibility index (Phi) is 6.35. The molecule has 10 nitrogen and oxygen atoms in total. The van der Waals surface area contributed by atoms with Crippen LogP contribution in [0.25, 0.3) is 21.8 Å². The fourth-order valence-corrected chi connectivity index (χ4v) is 4.84. The van der Waals surface area contributed by atoms with Crippen LogP contribution in [0.5, 0.6) is 5.75 Å². The van der Waals surface area contributed by atoms with E-state index in [1.165, 1.54) is 37.2 Å². The molecule has 0 spiro atoms. The van der Waals surface area contributed by atoms with Gasteiger partial charge in [-0.1, -0.05) is 35.5 Å². The average molecular weight is 531 g/mol. The number of aromatic nitrogens is 3. The van der Waals surface area contributed by atoms with Gasteiger partial charge in [0.25, 0.3) is 5.56 Å². The average Bonchev–Trinajstić information content (AvgIpc) is 2.89. The Morgan fingerprint density at radius 3 is 2.70 bits per heavy atom. The zero-order valence-electron chi connectivity index (χ0n) is 19.0. The Balaban J connectivity index is 1.51. The van der Waals surface area contributed by atoms with Crippen LogP contribution in [0.1, 0.15) is 5.56 Å². The van der Waals surface area contributed by atoms with Crippen LogP contribution in [0.4, 0.5) is 17.1 Å². The number of nitro groups is 1. The molecule has 3 aromatic carbocycles. The second kappa shape index (κ2) is 9.77. The first-order valence-electron chi connectivity index (χ1n) is 10.7. The molecule has 2 aromatic heterocycles. The Hall–Kier alpha value is -4.66. The summed E-state index contributed by atoms with van der Waals surface area (Å²) in [7, 11) is 1.33. The molecule has 0 unspecified atom stereocenters. The number of benzene rings is 3. The minimum absolute atomic E-state index is 0.0606. The number of H-pyrrole nitrogens is 1. The van der Waals surface area contributed by atoms with Crippen LogP contribution in [0.15, 0.2) is 75.6 Å². The summed E-state index contributed by atoms with van der Waals surface area (Å²) in [6.07, 6.45) is 1.38. The molecule has 0 saturated heterocycles. The Morgan fingerprint density at radius 2 is 1.97 bits per heavy atom. The third-order valence-electron chi connectivity index (χ3n) is 5.48. The maximum atomic E-state index is 12.4. The fraction of sp³-hybridized carbons (Fsp3) is 0.0400. The van der Waals surface area contributed by atoms with Gasteiger partial charge in [0.1, 0.15) is 6.07 Å². The number of hydrogen-bond acceptors (Lipinski definition) is 9. The molecule has 37 heavy (non-hydrogen) atoms. The number of nitrogens with zero attached hydrogens (tertiary/aromatic N) is 4. The van der Waals surface area contributed by atoms with Crippen molar-refractivity contribution in [2.45, 2.75) is 10.1 Å². The number of ether oxygens (including phenoxy) is 1. The van der Waals surface area contributed by atoms with E-state index < -0.39 is 4.92 Å². The standard InChI is InChI=1S/C25H15ClN6O4S/c1-36-21-10-19-16(9-20(21)32(34)35)23(13(11-27)12-28-19)29-14-6-7-22(17(26)8-14)37-25-30-18-5-3-2-4-15(18)24(33)31-25/h2-10,12H,1H3,(H,28,29)(H,30,31,33). The number of methoxy groups -OCH3 is 1. The zero-order valence-corrected chi connectivity index (χ0v) is 20.6. The molecule has 5 rings (SSSR count). The summed E-state index contributed by atoms with van der Waals surface area (Å²) in [5.74, 6) is 0.0606. The lowest BCUT2D eigenvalue weighted by atomic mass is 10.1. The van der Waals surface area contributed by atoms with Crippen LogP contribution in [0.3, 0.4) is 0 Å². The van der Waals surface area contributed by atoms with E-state index in [-0.39, 0.29) is 22.6 Å². The summed E-state index contributed by atoms with van der Waals surface area (Å²) >= 11 is 7.74. The molecule has 5 aromatic rings. The topological polar surface area (TPSA) is 147 Å². The van der Waals surface area contributed by atoms with E-state index in [0.29, 0.717) is 48.3 Å². The SMILES string of the molecule is COc1cc2ncc(C#N)c(Nc3ccc(Sc4nc5ccccc5c(=O)[nH]4)c(Cl)c3)c2cc1[N+](=O)[O-]. The third-order valence-corrected chi connectivity index (χ3v) is 6.87. The summed E-state index contributed by atoms with van der Waals surface area (Å²) in [5, 5.41) is 26.0. The van der Waals surface area contributed by atoms with E-state index in [0.717, 1.165) is 0 Å². The minimum atomic E-state index is -0.560. The normalized spacial score (nSPS) is 10.8. The van der Waals surface area contributed by atoms with E-state index in [1.54, 1.807) is 42.5 Å². The first kappa shape index (κ1) is 24.1. The number of nitrogens with one attached hydrogen (secondary N) is 2. The number of aromatic amines is 1. The van der Waals surface area contributed by atoms with Gasteiger partial charge in [-0.3, -0.25) is 19.9 Å². The maximum absolute atomic E-state index is 12.4. The molecule has 0 atom stereocenters. The number of anilines is 2. The van der Waals surface area contributed by atoms with Crippen molar-refractivity contribution in [3.8, 4) is 11.8 Å². The number of nitro benzene ring substituents is 1. The van der Waals surface area contributed by atoms with Crippen LogP contribution >= 0.6 is 23.4 Å². The number of nitriles is 1. The van der Waals surface area contributed by atoms with E-state index in [9.17, 15) is 20.2 Å². The predicted molar refractivity (Wildman–Crippen MR) is 141 cm³/mol. The van der Waals surface area contributed by atoms with Gasteiger partial charge in [0.05, 0.1) is 44.7 Å². The van der Waals surface area contributed by atoms with Gasteiger partial charge in [0.2, 0.25) is 0 Å². The molecule has 0 amide bonds. The summed E-state index contributed by atoms with van der Waals surface area (Å²) in [6.45, 7) is 0. The minimum Gasteiger partial charge on any atom is -0.490 e. The van der Waals surface area contributed by atoms with Crippen LogP contribution < -0.4 is 15.6 Å². The number of halogens is 1. The molecule has 0 fully saturated rings. The molecule has 182 valence electrons. The van der Waals surface area contributed by atoms with Gasteiger partial charge >= 0.3 is 5.69 Å². The molecule has 0 saturated carbocycles. The van der Waals surface area contributed by atoms with Crippen molar-refractivity contribution in [3.63, 3.8) is 0 Å². The summed E-state index contributed by atoms with van der Waals surface area (Å²) in [4.78, 5) is 35.5. The molecule has 2 N–H and O–H groups in total. The quantitative estimate of drug-likeness (QED) is 0.158. The summed E-state index contributed by atoms with van der Waals surface area (Å²) in [5.41, 5.74) is 1.56. The number of rotatable bonds is 6. The van der Waals surface area contributed by atoms with Crippen molar-refractivity contribution in [2.24, 2.45) is 0 Å². The number of hydrogen-bond donors (Lipinski definition) is 2. The molecule has 12 heteroatoms. The Bertz CT molecular complexity index is 1820. The molecule has 0 aliphatic rings. The lowest BCUT2D eigenvalue weighted by Gasteiger charge is -2.13. The van der Waals surface area contributed by atoms with Crippen molar-refractivity contribution < 1.29 is 9.66 Å². The van der Waals surface area contributed by atoms with Crippen molar-refractivity contribution >= 4 is 62.2 Å². The summed E-state index contributed by atoms with van der Waals surface area (Å²) in [6, 6.07) is 17.0. The van der Waals surface area contributed by atoms with Gasteiger partial charge in [-0.05, 0) is 30.3 Å². The van der Waals surface area contributed by atoms with Crippen LogP contribution in [0.2, 0.25) is 5.02 Å². The lowest BCUT2D eigenvalue weighted by Crippen LogP contribution is -2.08. The van der Waals surface area contributed by atoms with Gasteiger partial charge in [-0.15, -0.1) is 0 Å². The highest BCUT2D eigenvalue weighted by molar-refractivity contribution is 7.99. The largest absolute Gasteiger partial charge is 0.490 e. The zero-order chi connectivity index (χ0) is 26.1. The smallest absolute Gasteiger partial charge is 0.311 e. The second-order valence-electron chi connectivity index (χ2n) is 7.72. The first-order valence-corrected chi connectivity index (χ1v) is 11.9. The maximum Gasteiger partial charge on any atom is 0.311 e. The Morgan fingerprint density at radius 1 is 1.16 bits per heavy atom. The summed E-state index contributed by atoms with van der Waals surface area (Å²) < 4.78 is 5.12. The molecule has 0 aliphatic heterocycles. The number of para-hydroxylation sites is 1. The molecule has 0 aliphatic carbocycles. The van der Waals surface area contributed by atoms with Gasteiger partial charge in [0, 0.05) is 34.3 Å². The van der Waals surface area contributed by atoms with Crippen LogP contribution in [0, 0.1) is 21.4 Å². The monoisotopic (exact) mass is 530 g/mol. The lowest BCUT2D eigenvalue weighted by molar-refractivity contribution is -0.385. The van der Waals surface area contributed by atoms with E-state index >= 15 is 0 Å². The van der Waals surface area contributed by atoms with Crippen LogP contribution in [-0.4, -0.2) is 27.0 Å². The van der Waals surface area contributed by atoms with Gasteiger partial charge in [-0.25, -0.2) is 4.98 Å². The molecular weight excluding hydrogens is 516 g/mol. The number of pyridine rings is 1. The van der Waals surface area contributed by atoms with Gasteiger partial charge < -0.3 is 15.0 Å². The second-order valence-corrected chi connectivity index (χ2v) is 9.16. The molecule has 0 bridgehead atoms. The number of fused-ring (bicyclic) bond motifs is 2. The van der Waals surface area contributed by atoms with Gasteiger partial charge in [-0.2, -0.15) is 5.26 Å². The van der Waals surface area contributed by atoms with Crippen molar-refractivity contribution in [3.05, 3.63) is 91.8 Å². The predicted octanol–water partition coefficient (Wildman–Crippen LogP) is 5.81. The highest BCUT2D eigenvalue weighted by Crippen LogP contribution is 2.38. The molecular formula is C25H15ClN6O4S.